The van der Waals surface area contributed by atoms with Crippen LogP contribution in [0.5, 0.6) is 11.5 Å². The Hall–Kier alpha value is -4.00. The van der Waals surface area contributed by atoms with E-state index in [2.05, 4.69) is 0 Å². The number of benzene rings is 2. The Morgan fingerprint density at radius 1 is 0.971 bits per heavy atom. The van der Waals surface area contributed by atoms with E-state index in [0.717, 1.165) is 25.3 Å². The van der Waals surface area contributed by atoms with E-state index < -0.39 is 11.3 Å². The number of carbonyl (C=O) groups is 1. The maximum Gasteiger partial charge on any atom is 0.223 e. The molecule has 2 aromatic heterocycles. The molecule has 1 atom stereocenters. The van der Waals surface area contributed by atoms with Crippen molar-refractivity contribution in [2.45, 2.75) is 31.6 Å². The average molecular weight is 459 g/mol. The monoisotopic (exact) mass is 459 g/mol. The van der Waals surface area contributed by atoms with Gasteiger partial charge in [0.05, 0.1) is 12.2 Å². The van der Waals surface area contributed by atoms with Crippen LogP contribution < -0.4 is 5.43 Å². The number of fused-ring (bicyclic) bond motifs is 1. The Morgan fingerprint density at radius 3 is 2.44 bits per heavy atom. The maximum absolute atomic E-state index is 13.2. The van der Waals surface area contributed by atoms with Gasteiger partial charge in [-0.1, -0.05) is 30.3 Å². The first kappa shape index (κ1) is 21.8. The summed E-state index contributed by atoms with van der Waals surface area (Å²) in [5, 5.41) is 21.4. The molecular weight excluding hydrogens is 434 g/mol. The van der Waals surface area contributed by atoms with Gasteiger partial charge in [-0.2, -0.15) is 0 Å². The Balaban J connectivity index is 1.69. The normalized spacial score (nSPS) is 14.9. The predicted octanol–water partition coefficient (Wildman–Crippen LogP) is 5.00. The number of aromatic hydroxyl groups is 2. The molecule has 3 heterocycles. The molecule has 174 valence electrons. The van der Waals surface area contributed by atoms with Crippen LogP contribution in [0.2, 0.25) is 0 Å². The summed E-state index contributed by atoms with van der Waals surface area (Å²) < 4.78 is 11.8. The molecule has 7 heteroatoms. The van der Waals surface area contributed by atoms with Crippen LogP contribution in [0, 0.1) is 0 Å². The van der Waals surface area contributed by atoms with Crippen molar-refractivity contribution in [1.29, 1.82) is 0 Å². The second-order valence-corrected chi connectivity index (χ2v) is 8.59. The van der Waals surface area contributed by atoms with Gasteiger partial charge in [-0.3, -0.25) is 9.59 Å². The standard InChI is InChI=1S/C27H25NO6/c29-19-15-20(30)26-21(31)16-23(17-8-3-1-4-9-17)34-27(26)25(19)18(22-10-7-13-33-22)14-24(32)28-11-5-2-6-12-28/h1,3-4,7-10,13,15-16,18,29-30H,2,5-6,11-12,14H2. The van der Waals surface area contributed by atoms with E-state index in [4.69, 9.17) is 8.83 Å². The summed E-state index contributed by atoms with van der Waals surface area (Å²) in [5.41, 5.74) is 0.508. The lowest BCUT2D eigenvalue weighted by molar-refractivity contribution is -0.132. The third-order valence-electron chi connectivity index (χ3n) is 6.38. The number of nitrogens with zero attached hydrogens (tertiary/aromatic N) is 1. The number of piperidine rings is 1. The van der Waals surface area contributed by atoms with Crippen LogP contribution in [-0.4, -0.2) is 34.1 Å². The van der Waals surface area contributed by atoms with Crippen molar-refractivity contribution in [3.05, 3.63) is 82.4 Å². The van der Waals surface area contributed by atoms with Gasteiger partial charge in [0.25, 0.3) is 0 Å². The molecule has 1 saturated heterocycles. The van der Waals surface area contributed by atoms with Crippen LogP contribution in [-0.2, 0) is 4.79 Å². The quantitative estimate of drug-likeness (QED) is 0.435. The minimum Gasteiger partial charge on any atom is -0.507 e. The van der Waals surface area contributed by atoms with Gasteiger partial charge < -0.3 is 23.9 Å². The fraction of sp³-hybridized carbons (Fsp3) is 0.259. The third kappa shape index (κ3) is 4.05. The summed E-state index contributed by atoms with van der Waals surface area (Å²) in [4.78, 5) is 28.1. The Morgan fingerprint density at radius 2 is 1.74 bits per heavy atom. The van der Waals surface area contributed by atoms with Crippen molar-refractivity contribution in [1.82, 2.24) is 4.90 Å². The van der Waals surface area contributed by atoms with Crippen molar-refractivity contribution < 1.29 is 23.8 Å². The molecule has 34 heavy (non-hydrogen) atoms. The van der Waals surface area contributed by atoms with Crippen LogP contribution >= 0.6 is 0 Å². The van der Waals surface area contributed by atoms with Crippen LogP contribution in [0.3, 0.4) is 0 Å². The van der Waals surface area contributed by atoms with Gasteiger partial charge in [-0.15, -0.1) is 0 Å². The summed E-state index contributed by atoms with van der Waals surface area (Å²) in [7, 11) is 0. The third-order valence-corrected chi connectivity index (χ3v) is 6.38. The number of phenolic OH excluding ortho intramolecular Hbond substituents is 2. The highest BCUT2D eigenvalue weighted by Crippen LogP contribution is 2.43. The highest BCUT2D eigenvalue weighted by Gasteiger charge is 2.31. The molecular formula is C27H25NO6. The molecule has 5 rings (SSSR count). The number of furan rings is 1. The van der Waals surface area contributed by atoms with E-state index in [1.807, 2.05) is 23.1 Å². The fourth-order valence-corrected chi connectivity index (χ4v) is 4.68. The van der Waals surface area contributed by atoms with Crippen LogP contribution in [0.4, 0.5) is 0 Å². The lowest BCUT2D eigenvalue weighted by Gasteiger charge is -2.28. The molecule has 1 fully saturated rings. The molecule has 0 radical (unpaired) electrons. The van der Waals surface area contributed by atoms with Gasteiger partial charge in [0.1, 0.15) is 34.0 Å². The highest BCUT2D eigenvalue weighted by molar-refractivity contribution is 5.91. The topological polar surface area (TPSA) is 104 Å². The zero-order valence-electron chi connectivity index (χ0n) is 18.6. The maximum atomic E-state index is 13.2. The lowest BCUT2D eigenvalue weighted by Crippen LogP contribution is -2.36. The summed E-state index contributed by atoms with van der Waals surface area (Å²) in [6.45, 7) is 1.39. The molecule has 2 aromatic carbocycles. The number of hydrogen-bond acceptors (Lipinski definition) is 6. The van der Waals surface area contributed by atoms with E-state index in [9.17, 15) is 19.8 Å². The zero-order chi connectivity index (χ0) is 23.7. The minimum atomic E-state index is -0.707. The van der Waals surface area contributed by atoms with Gasteiger partial charge in [0, 0.05) is 42.8 Å². The molecule has 1 aliphatic rings. The molecule has 0 saturated carbocycles. The van der Waals surface area contributed by atoms with Crippen molar-refractivity contribution in [2.24, 2.45) is 0 Å². The lowest BCUT2D eigenvalue weighted by atomic mass is 9.89. The van der Waals surface area contributed by atoms with Crippen molar-refractivity contribution >= 4 is 16.9 Å². The SMILES string of the molecule is O=C(CC(c1ccco1)c1c(O)cc(O)c2c(=O)cc(-c3ccccc3)oc12)N1CCCCC1. The largest absolute Gasteiger partial charge is 0.507 e. The van der Waals surface area contributed by atoms with Crippen molar-refractivity contribution in [3.8, 4) is 22.8 Å². The molecule has 0 spiro atoms. The first-order chi connectivity index (χ1) is 16.5. The summed E-state index contributed by atoms with van der Waals surface area (Å²) >= 11 is 0. The number of phenols is 2. The molecule has 1 amide bonds. The molecule has 1 unspecified atom stereocenters. The number of likely N-dealkylation sites (tertiary alicyclic amines) is 1. The summed E-state index contributed by atoms with van der Waals surface area (Å²) in [6.07, 6.45) is 4.54. The van der Waals surface area contributed by atoms with Crippen molar-refractivity contribution in [2.75, 3.05) is 13.1 Å². The Bertz CT molecular complexity index is 1370. The minimum absolute atomic E-state index is 0.0280. The molecule has 0 aliphatic carbocycles. The highest BCUT2D eigenvalue weighted by atomic mass is 16.3. The van der Waals surface area contributed by atoms with E-state index in [1.54, 1.807) is 24.3 Å². The number of carbonyl (C=O) groups excluding carboxylic acids is 1. The van der Waals surface area contributed by atoms with E-state index >= 15 is 0 Å². The van der Waals surface area contributed by atoms with Gasteiger partial charge in [-0.05, 0) is 31.4 Å². The molecule has 4 aromatic rings. The van der Waals surface area contributed by atoms with E-state index in [1.165, 1.54) is 12.3 Å². The molecule has 2 N–H and O–H groups in total. The fourth-order valence-electron chi connectivity index (χ4n) is 4.68. The van der Waals surface area contributed by atoms with Crippen LogP contribution in [0.15, 0.2) is 74.5 Å². The first-order valence-corrected chi connectivity index (χ1v) is 11.4. The van der Waals surface area contributed by atoms with Gasteiger partial charge in [0.15, 0.2) is 5.43 Å². The molecule has 1 aliphatic heterocycles. The van der Waals surface area contributed by atoms with Crippen LogP contribution in [0.25, 0.3) is 22.3 Å². The zero-order valence-corrected chi connectivity index (χ0v) is 18.6. The number of hydrogen-bond donors (Lipinski definition) is 2. The Labute approximate surface area is 195 Å². The predicted molar refractivity (Wildman–Crippen MR) is 127 cm³/mol. The summed E-state index contributed by atoms with van der Waals surface area (Å²) in [6, 6.07) is 15.0. The van der Waals surface area contributed by atoms with Crippen molar-refractivity contribution in [3.63, 3.8) is 0 Å². The van der Waals surface area contributed by atoms with Gasteiger partial charge in [0.2, 0.25) is 5.91 Å². The molecule has 7 nitrogen and oxygen atoms in total. The van der Waals surface area contributed by atoms with Gasteiger partial charge >= 0.3 is 0 Å². The second kappa shape index (κ2) is 9.09. The van der Waals surface area contributed by atoms with E-state index in [0.29, 0.717) is 30.2 Å². The number of rotatable bonds is 5. The molecule has 0 bridgehead atoms. The van der Waals surface area contributed by atoms with E-state index in [-0.39, 0.29) is 40.4 Å². The van der Waals surface area contributed by atoms with Gasteiger partial charge in [-0.25, -0.2) is 0 Å². The van der Waals surface area contributed by atoms with Crippen LogP contribution in [0.1, 0.15) is 42.9 Å². The number of amides is 1. The smallest absolute Gasteiger partial charge is 0.223 e. The second-order valence-electron chi connectivity index (χ2n) is 8.59. The first-order valence-electron chi connectivity index (χ1n) is 11.4. The summed E-state index contributed by atoms with van der Waals surface area (Å²) in [5.74, 6) is -0.674. The average Bonchev–Trinajstić information content (AvgIpc) is 3.38. The Kier molecular flexibility index (Phi) is 5.84.